The normalized spacial score (nSPS) is 18.3. The van der Waals surface area contributed by atoms with Gasteiger partial charge in [-0.3, -0.25) is 0 Å². The van der Waals surface area contributed by atoms with Crippen molar-refractivity contribution in [1.29, 1.82) is 0 Å². The lowest BCUT2D eigenvalue weighted by atomic mass is 10.2. The van der Waals surface area contributed by atoms with Crippen LogP contribution in [0.2, 0.25) is 0 Å². The minimum Gasteiger partial charge on any atom is -0.313 e. The molecule has 102 valence electrons. The summed E-state index contributed by atoms with van der Waals surface area (Å²) in [4.78, 5) is 0. The molecule has 0 atom stereocenters. The van der Waals surface area contributed by atoms with Gasteiger partial charge in [-0.25, -0.2) is 16.8 Å². The van der Waals surface area contributed by atoms with Gasteiger partial charge in [-0.2, -0.15) is 4.31 Å². The smallest absolute Gasteiger partial charge is 0.215 e. The molecule has 0 aromatic rings. The predicted octanol–water partition coefficient (Wildman–Crippen LogP) is -0.955. The van der Waals surface area contributed by atoms with Gasteiger partial charge in [0, 0.05) is 31.9 Å². The number of sulfonamides is 1. The summed E-state index contributed by atoms with van der Waals surface area (Å²) >= 11 is 0. The van der Waals surface area contributed by atoms with Gasteiger partial charge in [0.05, 0.1) is 11.5 Å². The minimum atomic E-state index is -3.46. The molecule has 17 heavy (non-hydrogen) atoms. The fourth-order valence-corrected chi connectivity index (χ4v) is 4.97. The Morgan fingerprint density at radius 3 is 2.12 bits per heavy atom. The molecule has 0 aromatic heterocycles. The highest BCUT2D eigenvalue weighted by molar-refractivity contribution is 7.93. The van der Waals surface area contributed by atoms with E-state index in [1.165, 1.54) is 4.31 Å². The summed E-state index contributed by atoms with van der Waals surface area (Å²) in [5.74, 6) is -0.627. The van der Waals surface area contributed by atoms with E-state index >= 15 is 0 Å². The summed E-state index contributed by atoms with van der Waals surface area (Å²) in [5, 5.41) is 3.02. The van der Waals surface area contributed by atoms with Crippen molar-refractivity contribution in [2.45, 2.75) is 19.4 Å². The zero-order valence-corrected chi connectivity index (χ0v) is 11.8. The van der Waals surface area contributed by atoms with Gasteiger partial charge < -0.3 is 5.32 Å². The van der Waals surface area contributed by atoms with Crippen molar-refractivity contribution in [2.75, 3.05) is 37.4 Å². The Balaban J connectivity index is 2.70. The van der Waals surface area contributed by atoms with Gasteiger partial charge in [-0.15, -0.1) is 0 Å². The summed E-state index contributed by atoms with van der Waals surface area (Å²) in [6, 6.07) is -0.0143. The summed E-state index contributed by atoms with van der Waals surface area (Å²) in [6.45, 7) is 3.67. The molecule has 0 bridgehead atoms. The minimum absolute atomic E-state index is 0.0143. The molecule has 0 radical (unpaired) electrons. The van der Waals surface area contributed by atoms with Crippen LogP contribution in [-0.2, 0) is 19.9 Å². The Labute approximate surface area is 103 Å². The van der Waals surface area contributed by atoms with Crippen molar-refractivity contribution in [3.05, 3.63) is 0 Å². The lowest BCUT2D eigenvalue weighted by molar-refractivity contribution is 0.242. The largest absolute Gasteiger partial charge is 0.313 e. The second-order valence-electron chi connectivity index (χ2n) is 4.37. The van der Waals surface area contributed by atoms with E-state index in [4.69, 9.17) is 0 Å². The number of sulfone groups is 1. The van der Waals surface area contributed by atoms with E-state index in [2.05, 4.69) is 5.32 Å². The molecule has 1 fully saturated rings. The van der Waals surface area contributed by atoms with Crippen LogP contribution >= 0.6 is 0 Å². The number of rotatable bonds is 7. The van der Waals surface area contributed by atoms with Gasteiger partial charge >= 0.3 is 0 Å². The molecular formula is C9H20N2O4S2. The highest BCUT2D eigenvalue weighted by Gasteiger charge is 2.33. The Morgan fingerprint density at radius 2 is 1.76 bits per heavy atom. The predicted molar refractivity (Wildman–Crippen MR) is 67.2 cm³/mol. The van der Waals surface area contributed by atoms with Crippen LogP contribution in [-0.4, -0.2) is 64.6 Å². The van der Waals surface area contributed by atoms with Crippen molar-refractivity contribution in [2.24, 2.45) is 0 Å². The first-order valence-electron chi connectivity index (χ1n) is 5.64. The van der Waals surface area contributed by atoms with Crippen molar-refractivity contribution >= 4 is 19.9 Å². The number of hydrogen-bond donors (Lipinski definition) is 1. The van der Waals surface area contributed by atoms with E-state index in [1.54, 1.807) is 0 Å². The first-order chi connectivity index (χ1) is 7.76. The van der Waals surface area contributed by atoms with E-state index in [0.29, 0.717) is 19.6 Å². The SMILES string of the molecule is CCCN(C1CNC1)S(=O)(=O)CCS(C)(=O)=O. The van der Waals surface area contributed by atoms with E-state index in [1.807, 2.05) is 6.92 Å². The van der Waals surface area contributed by atoms with Crippen LogP contribution in [0.15, 0.2) is 0 Å². The Morgan fingerprint density at radius 1 is 1.18 bits per heavy atom. The molecule has 1 aliphatic rings. The van der Waals surface area contributed by atoms with Crippen LogP contribution in [0.5, 0.6) is 0 Å². The summed E-state index contributed by atoms with van der Waals surface area (Å²) < 4.78 is 47.5. The Bertz CT molecular complexity index is 440. The first kappa shape index (κ1) is 14.9. The third-order valence-corrected chi connectivity index (χ3v) is 5.80. The summed E-state index contributed by atoms with van der Waals surface area (Å²) in [6.07, 6.45) is 1.78. The maximum Gasteiger partial charge on any atom is 0.215 e. The summed E-state index contributed by atoms with van der Waals surface area (Å²) in [5.41, 5.74) is 0. The van der Waals surface area contributed by atoms with Crippen LogP contribution < -0.4 is 5.32 Å². The molecule has 0 saturated carbocycles. The third-order valence-electron chi connectivity index (χ3n) is 2.68. The van der Waals surface area contributed by atoms with E-state index in [-0.39, 0.29) is 17.5 Å². The summed E-state index contributed by atoms with van der Waals surface area (Å²) in [7, 11) is -6.71. The fraction of sp³-hybridized carbons (Fsp3) is 1.00. The molecule has 1 aliphatic heterocycles. The van der Waals surface area contributed by atoms with Crippen molar-refractivity contribution < 1.29 is 16.8 Å². The molecule has 1 rings (SSSR count). The maximum absolute atomic E-state index is 12.0. The van der Waals surface area contributed by atoms with Crippen molar-refractivity contribution in [1.82, 2.24) is 9.62 Å². The highest BCUT2D eigenvalue weighted by atomic mass is 32.2. The third kappa shape index (κ3) is 4.53. The standard InChI is InChI=1S/C9H20N2O4S2/c1-3-4-11(9-7-10-8-9)17(14,15)6-5-16(2,12)13/h9-10H,3-8H2,1-2H3. The topological polar surface area (TPSA) is 83.6 Å². The molecule has 1 N–H and O–H groups in total. The van der Waals surface area contributed by atoms with Gasteiger partial charge in [-0.1, -0.05) is 6.92 Å². The molecule has 6 nitrogen and oxygen atoms in total. The molecule has 0 amide bonds. The van der Waals surface area contributed by atoms with Crippen LogP contribution in [0, 0.1) is 0 Å². The van der Waals surface area contributed by atoms with Crippen LogP contribution in [0.3, 0.4) is 0 Å². The van der Waals surface area contributed by atoms with Crippen LogP contribution in [0.25, 0.3) is 0 Å². The Hall–Kier alpha value is -0.180. The van der Waals surface area contributed by atoms with Gasteiger partial charge in [0.15, 0.2) is 0 Å². The molecule has 8 heteroatoms. The second-order valence-corrected chi connectivity index (χ2v) is 8.67. The molecule has 0 unspecified atom stereocenters. The van der Waals surface area contributed by atoms with E-state index < -0.39 is 19.9 Å². The first-order valence-corrected chi connectivity index (χ1v) is 9.31. The van der Waals surface area contributed by atoms with Gasteiger partial charge in [-0.05, 0) is 6.42 Å². The molecule has 1 saturated heterocycles. The molecule has 1 heterocycles. The Kier molecular flexibility index (Phi) is 4.94. The van der Waals surface area contributed by atoms with Crippen LogP contribution in [0.4, 0.5) is 0 Å². The average Bonchev–Trinajstić information content (AvgIpc) is 2.10. The highest BCUT2D eigenvalue weighted by Crippen LogP contribution is 2.13. The number of nitrogens with one attached hydrogen (secondary N) is 1. The van der Waals surface area contributed by atoms with Crippen LogP contribution in [0.1, 0.15) is 13.3 Å². The van der Waals surface area contributed by atoms with Crippen molar-refractivity contribution in [3.8, 4) is 0 Å². The second kappa shape index (κ2) is 5.64. The number of nitrogens with zero attached hydrogens (tertiary/aromatic N) is 1. The fourth-order valence-electron chi connectivity index (χ4n) is 1.62. The molecule has 0 aliphatic carbocycles. The lowest BCUT2D eigenvalue weighted by Gasteiger charge is -2.37. The van der Waals surface area contributed by atoms with E-state index in [0.717, 1.165) is 12.7 Å². The van der Waals surface area contributed by atoms with E-state index in [9.17, 15) is 16.8 Å². The monoisotopic (exact) mass is 284 g/mol. The van der Waals surface area contributed by atoms with Gasteiger partial charge in [0.25, 0.3) is 0 Å². The lowest BCUT2D eigenvalue weighted by Crippen LogP contribution is -2.59. The zero-order chi connectivity index (χ0) is 13.1. The van der Waals surface area contributed by atoms with Crippen molar-refractivity contribution in [3.63, 3.8) is 0 Å². The number of hydrogen-bond acceptors (Lipinski definition) is 5. The maximum atomic E-state index is 12.0. The molecular weight excluding hydrogens is 264 g/mol. The average molecular weight is 284 g/mol. The zero-order valence-electron chi connectivity index (χ0n) is 10.2. The van der Waals surface area contributed by atoms with Gasteiger partial charge in [0.1, 0.15) is 9.84 Å². The quantitative estimate of drug-likeness (QED) is 0.651. The van der Waals surface area contributed by atoms with Gasteiger partial charge in [0.2, 0.25) is 10.0 Å². The molecule has 0 spiro atoms. The molecule has 0 aromatic carbocycles.